The fourth-order valence-corrected chi connectivity index (χ4v) is 3.74. The van der Waals surface area contributed by atoms with Gasteiger partial charge in [0.25, 0.3) is 0 Å². The Kier molecular flexibility index (Phi) is 4.45. The Morgan fingerprint density at radius 3 is 2.75 bits per heavy atom. The van der Waals surface area contributed by atoms with E-state index in [4.69, 9.17) is 16.3 Å². The van der Waals surface area contributed by atoms with Gasteiger partial charge in [-0.05, 0) is 74.7 Å². The van der Waals surface area contributed by atoms with E-state index in [2.05, 4.69) is 15.3 Å². The molecule has 1 aliphatic heterocycles. The van der Waals surface area contributed by atoms with Crippen LogP contribution in [0.2, 0.25) is 5.28 Å². The van der Waals surface area contributed by atoms with Crippen molar-refractivity contribution in [1.29, 1.82) is 0 Å². The van der Waals surface area contributed by atoms with Crippen molar-refractivity contribution in [1.82, 2.24) is 9.97 Å². The summed E-state index contributed by atoms with van der Waals surface area (Å²) in [5.74, 6) is -0.620. The molecule has 2 aromatic rings. The highest BCUT2D eigenvalue weighted by atomic mass is 35.5. The third-order valence-corrected chi connectivity index (χ3v) is 5.30. The number of benzene rings is 1. The maximum atomic E-state index is 14.0. The molecule has 0 bridgehead atoms. The molecule has 0 unspecified atom stereocenters. The van der Waals surface area contributed by atoms with Gasteiger partial charge in [0.1, 0.15) is 5.60 Å². The molecule has 1 fully saturated rings. The summed E-state index contributed by atoms with van der Waals surface area (Å²) in [6.45, 7) is 6.13. The van der Waals surface area contributed by atoms with Crippen LogP contribution in [-0.4, -0.2) is 28.2 Å². The first-order chi connectivity index (χ1) is 13.2. The molecule has 28 heavy (non-hydrogen) atoms. The van der Waals surface area contributed by atoms with E-state index < -0.39 is 11.4 Å². The summed E-state index contributed by atoms with van der Waals surface area (Å²) in [4.78, 5) is 21.9. The zero-order valence-electron chi connectivity index (χ0n) is 16.1. The Hall–Kier alpha value is -2.41. The van der Waals surface area contributed by atoms with Gasteiger partial charge in [0, 0.05) is 12.2 Å². The highest BCUT2D eigenvalue weighted by Crippen LogP contribution is 2.56. The smallest absolute Gasteiger partial charge is 0.414 e. The zero-order valence-corrected chi connectivity index (χ0v) is 16.8. The summed E-state index contributed by atoms with van der Waals surface area (Å²) in [6.07, 6.45) is 3.79. The summed E-state index contributed by atoms with van der Waals surface area (Å²) in [5.41, 5.74) is 2.11. The Morgan fingerprint density at radius 2 is 2.07 bits per heavy atom. The minimum absolute atomic E-state index is 0.0132. The number of ether oxygens (including phenoxy) is 1. The van der Waals surface area contributed by atoms with Gasteiger partial charge in [-0.1, -0.05) is 6.07 Å². The van der Waals surface area contributed by atoms with Crippen LogP contribution in [0.15, 0.2) is 24.4 Å². The molecule has 1 aromatic carbocycles. The average molecular weight is 405 g/mol. The van der Waals surface area contributed by atoms with Gasteiger partial charge < -0.3 is 10.1 Å². The Balaban J connectivity index is 1.68. The van der Waals surface area contributed by atoms with E-state index in [1.807, 2.05) is 39.0 Å². The van der Waals surface area contributed by atoms with E-state index in [9.17, 15) is 9.18 Å². The van der Waals surface area contributed by atoms with Crippen LogP contribution in [0.25, 0.3) is 0 Å². The van der Waals surface area contributed by atoms with Gasteiger partial charge in [0.15, 0.2) is 11.6 Å². The van der Waals surface area contributed by atoms with Gasteiger partial charge in [-0.2, -0.15) is 4.98 Å². The van der Waals surface area contributed by atoms with Crippen LogP contribution in [0.1, 0.15) is 45.6 Å². The minimum atomic E-state index is -0.607. The first-order valence-corrected chi connectivity index (χ1v) is 9.65. The molecule has 6 nitrogen and oxygen atoms in total. The first-order valence-electron chi connectivity index (χ1n) is 9.27. The largest absolute Gasteiger partial charge is 0.443 e. The quantitative estimate of drug-likeness (QED) is 0.697. The second kappa shape index (κ2) is 6.58. The molecule has 4 rings (SSSR count). The number of anilines is 3. The van der Waals surface area contributed by atoms with Gasteiger partial charge >= 0.3 is 6.09 Å². The first kappa shape index (κ1) is 18.9. The minimum Gasteiger partial charge on any atom is -0.443 e. The number of nitrogens with zero attached hydrogens (tertiary/aromatic N) is 3. The fourth-order valence-electron chi connectivity index (χ4n) is 3.61. The number of aromatic nitrogens is 2. The van der Waals surface area contributed by atoms with Crippen molar-refractivity contribution in [3.05, 3.63) is 41.1 Å². The van der Waals surface area contributed by atoms with E-state index in [1.165, 1.54) is 0 Å². The van der Waals surface area contributed by atoms with Gasteiger partial charge in [0.2, 0.25) is 5.28 Å². The molecule has 1 aromatic heterocycles. The van der Waals surface area contributed by atoms with E-state index in [1.54, 1.807) is 4.90 Å². The van der Waals surface area contributed by atoms with Crippen LogP contribution in [0.4, 0.5) is 26.4 Å². The number of hydrogen-bond donors (Lipinski definition) is 1. The molecule has 0 atom stereocenters. The number of carbonyl (C=O) groups is 1. The molecule has 1 spiro atoms. The number of nitrogens with one attached hydrogen (secondary N) is 1. The third-order valence-electron chi connectivity index (χ3n) is 5.12. The lowest BCUT2D eigenvalue weighted by atomic mass is 9.87. The maximum Gasteiger partial charge on any atom is 0.414 e. The third kappa shape index (κ3) is 3.63. The van der Waals surface area contributed by atoms with Crippen LogP contribution in [0.5, 0.6) is 0 Å². The summed E-state index contributed by atoms with van der Waals surface area (Å²) in [7, 11) is 0. The molecule has 1 N–H and O–H groups in total. The highest BCUT2D eigenvalue weighted by Gasteiger charge is 2.49. The topological polar surface area (TPSA) is 67.3 Å². The molecule has 148 valence electrons. The maximum absolute atomic E-state index is 14.0. The van der Waals surface area contributed by atoms with Crippen LogP contribution in [0.3, 0.4) is 0 Å². The Morgan fingerprint density at radius 1 is 1.32 bits per heavy atom. The van der Waals surface area contributed by atoms with Gasteiger partial charge in [0.05, 0.1) is 11.9 Å². The summed E-state index contributed by atoms with van der Waals surface area (Å²) < 4.78 is 19.6. The van der Waals surface area contributed by atoms with E-state index in [-0.39, 0.29) is 22.6 Å². The summed E-state index contributed by atoms with van der Waals surface area (Å²) in [5, 5.41) is 2.88. The lowest BCUT2D eigenvalue weighted by Crippen LogP contribution is -2.42. The Bertz CT molecular complexity index is 940. The molecule has 2 heterocycles. The normalized spacial score (nSPS) is 17.2. The lowest BCUT2D eigenvalue weighted by Gasteiger charge is -2.36. The number of halogens is 2. The average Bonchev–Trinajstić information content (AvgIpc) is 3.37. The van der Waals surface area contributed by atoms with Crippen LogP contribution in [0, 0.1) is 5.82 Å². The SMILES string of the molecule is CC(C)(C)OC(=O)N1CCC2(CC2)c2ccc(Nc3nc(Cl)ncc3F)cc21. The molecule has 0 radical (unpaired) electrons. The van der Waals surface area contributed by atoms with Crippen molar-refractivity contribution in [2.24, 2.45) is 0 Å². The predicted molar refractivity (Wildman–Crippen MR) is 106 cm³/mol. The van der Waals surface area contributed by atoms with Gasteiger partial charge in [-0.15, -0.1) is 0 Å². The summed E-state index contributed by atoms with van der Waals surface area (Å²) >= 11 is 5.77. The molecular formula is C20H22ClFN4O2. The van der Waals surface area contributed by atoms with E-state index in [0.717, 1.165) is 36.7 Å². The van der Waals surface area contributed by atoms with Crippen LogP contribution < -0.4 is 10.2 Å². The standard InChI is InChI=1S/C20H22ClFN4O2/c1-19(2,3)28-18(27)26-9-8-20(6-7-20)13-5-4-12(10-15(13)26)24-16-14(22)11-23-17(21)25-16/h4-5,10-11H,6-9H2,1-3H3,(H,23,24,25). The molecule has 2 aliphatic rings. The molecule has 1 amide bonds. The molecule has 1 aliphatic carbocycles. The number of hydrogen-bond acceptors (Lipinski definition) is 5. The van der Waals surface area contributed by atoms with E-state index >= 15 is 0 Å². The van der Waals surface area contributed by atoms with E-state index in [0.29, 0.717) is 12.2 Å². The molecular weight excluding hydrogens is 383 g/mol. The summed E-state index contributed by atoms with van der Waals surface area (Å²) in [6, 6.07) is 5.71. The number of rotatable bonds is 2. The second-order valence-electron chi connectivity index (χ2n) is 8.35. The number of amides is 1. The zero-order chi connectivity index (χ0) is 20.1. The molecule has 8 heteroatoms. The van der Waals surface area contributed by atoms with Crippen molar-refractivity contribution in [2.45, 2.75) is 51.0 Å². The highest BCUT2D eigenvalue weighted by molar-refractivity contribution is 6.28. The monoisotopic (exact) mass is 404 g/mol. The van der Waals surface area contributed by atoms with Gasteiger partial charge in [-0.25, -0.2) is 14.2 Å². The Labute approximate surface area is 168 Å². The van der Waals surface area contributed by atoms with Gasteiger partial charge in [-0.3, -0.25) is 4.90 Å². The van der Waals surface area contributed by atoms with Crippen LogP contribution >= 0.6 is 11.6 Å². The van der Waals surface area contributed by atoms with Crippen molar-refractivity contribution in [2.75, 3.05) is 16.8 Å². The number of carbonyl (C=O) groups excluding carboxylic acids is 1. The molecule has 1 saturated carbocycles. The van der Waals surface area contributed by atoms with Crippen LogP contribution in [-0.2, 0) is 10.2 Å². The van der Waals surface area contributed by atoms with Crippen molar-refractivity contribution in [3.63, 3.8) is 0 Å². The van der Waals surface area contributed by atoms with Crippen molar-refractivity contribution < 1.29 is 13.9 Å². The van der Waals surface area contributed by atoms with Crippen molar-refractivity contribution >= 4 is 34.9 Å². The lowest BCUT2D eigenvalue weighted by molar-refractivity contribution is 0.0576. The fraction of sp³-hybridized carbons (Fsp3) is 0.450. The predicted octanol–water partition coefficient (Wildman–Crippen LogP) is 5.19. The molecule has 0 saturated heterocycles. The second-order valence-corrected chi connectivity index (χ2v) is 8.69. The van der Waals surface area contributed by atoms with Crippen molar-refractivity contribution in [3.8, 4) is 0 Å². The number of fused-ring (bicyclic) bond motifs is 2.